The highest BCUT2D eigenvalue weighted by atomic mass is 16.4. The van der Waals surface area contributed by atoms with Gasteiger partial charge in [-0.2, -0.15) is 0 Å². The van der Waals surface area contributed by atoms with E-state index in [1.54, 1.807) is 0 Å². The van der Waals surface area contributed by atoms with Crippen molar-refractivity contribution in [3.63, 3.8) is 0 Å². The zero-order valence-corrected chi connectivity index (χ0v) is 18.6. The molecule has 6 nitrogen and oxygen atoms in total. The number of carboxylic acids is 2. The normalized spacial score (nSPS) is 9.52. The van der Waals surface area contributed by atoms with Crippen LogP contribution >= 0.6 is 0 Å². The van der Waals surface area contributed by atoms with Gasteiger partial charge in [-0.1, -0.05) is 83.8 Å². The molecule has 0 aliphatic heterocycles. The van der Waals surface area contributed by atoms with Crippen molar-refractivity contribution in [1.82, 2.24) is 0 Å². The molecule has 0 bridgehead atoms. The van der Waals surface area contributed by atoms with E-state index in [9.17, 15) is 9.59 Å². The minimum atomic E-state index is -0.935. The molecule has 0 radical (unpaired) electrons. The molecule has 0 fully saturated rings. The van der Waals surface area contributed by atoms with Crippen LogP contribution in [-0.2, 0) is 9.59 Å². The maximum atomic E-state index is 9.60. The van der Waals surface area contributed by atoms with E-state index in [1.165, 1.54) is 84.5 Å². The van der Waals surface area contributed by atoms with Gasteiger partial charge < -0.3 is 20.4 Å². The van der Waals surface area contributed by atoms with Gasteiger partial charge in [0.1, 0.15) is 0 Å². The van der Waals surface area contributed by atoms with Crippen molar-refractivity contribution >= 4 is 11.9 Å². The van der Waals surface area contributed by atoms with Crippen LogP contribution in [0.15, 0.2) is 24.3 Å². The lowest BCUT2D eigenvalue weighted by atomic mass is 10.0. The zero-order valence-electron chi connectivity index (χ0n) is 18.6. The Bertz CT molecular complexity index is 356. The Morgan fingerprint density at radius 2 is 0.655 bits per heavy atom. The van der Waals surface area contributed by atoms with E-state index in [2.05, 4.69) is 13.2 Å². The molecule has 0 heterocycles. The fraction of sp³-hybridized carbons (Fsp3) is 0.739. The first kappa shape index (κ1) is 32.0. The number of rotatable bonds is 16. The zero-order chi connectivity index (χ0) is 22.9. The van der Waals surface area contributed by atoms with Crippen LogP contribution < -0.4 is 0 Å². The molecule has 0 unspecified atom stereocenters. The predicted octanol–water partition coefficient (Wildman–Crippen LogP) is 5.34. The summed E-state index contributed by atoms with van der Waals surface area (Å²) in [5, 5.41) is 33.0. The Morgan fingerprint density at radius 3 is 0.759 bits per heavy atom. The summed E-state index contributed by atoms with van der Waals surface area (Å²) >= 11 is 0. The molecule has 29 heavy (non-hydrogen) atoms. The van der Waals surface area contributed by atoms with Crippen molar-refractivity contribution in [2.45, 2.75) is 97.3 Å². The molecule has 0 saturated heterocycles. The molecule has 0 saturated carbocycles. The van der Waals surface area contributed by atoms with Crippen LogP contribution in [-0.4, -0.2) is 45.6 Å². The van der Waals surface area contributed by atoms with Crippen LogP contribution in [0.5, 0.6) is 0 Å². The van der Waals surface area contributed by atoms with Gasteiger partial charge in [0.25, 0.3) is 0 Å². The maximum Gasteiger partial charge on any atom is 0.330 e. The molecule has 0 aromatic heterocycles. The molecule has 6 heteroatoms. The summed E-state index contributed by atoms with van der Waals surface area (Å²) in [7, 11) is 0. The summed E-state index contributed by atoms with van der Waals surface area (Å²) in [5.41, 5.74) is 0.352. The van der Waals surface area contributed by atoms with Crippen LogP contribution in [0.2, 0.25) is 0 Å². The quantitative estimate of drug-likeness (QED) is 0.199. The second kappa shape index (κ2) is 26.3. The average Bonchev–Trinajstić information content (AvgIpc) is 2.66. The second-order valence-corrected chi connectivity index (χ2v) is 7.21. The Balaban J connectivity index is -0.000000460. The van der Waals surface area contributed by atoms with Crippen molar-refractivity contribution in [3.05, 3.63) is 24.3 Å². The van der Waals surface area contributed by atoms with Gasteiger partial charge in [0.05, 0.1) is 0 Å². The van der Waals surface area contributed by atoms with Gasteiger partial charge in [-0.3, -0.25) is 0 Å². The SMILES string of the molecule is C=C(C)C(=O)O.C=C(C)C(=O)O.OCCCCCCCCCCCCCCCO. The Kier molecular flexibility index (Phi) is 29.1. The van der Waals surface area contributed by atoms with Crippen molar-refractivity contribution < 1.29 is 30.0 Å². The summed E-state index contributed by atoms with van der Waals surface area (Å²) in [6, 6.07) is 0. The Hall–Kier alpha value is -1.66. The molecule has 0 aliphatic rings. The van der Waals surface area contributed by atoms with Gasteiger partial charge in [0, 0.05) is 24.4 Å². The van der Waals surface area contributed by atoms with Gasteiger partial charge in [-0.25, -0.2) is 9.59 Å². The first-order valence-corrected chi connectivity index (χ1v) is 10.7. The van der Waals surface area contributed by atoms with Gasteiger partial charge in [-0.15, -0.1) is 0 Å². The summed E-state index contributed by atoms with van der Waals surface area (Å²) < 4.78 is 0. The highest BCUT2D eigenvalue weighted by Crippen LogP contribution is 2.12. The first-order chi connectivity index (χ1) is 13.7. The van der Waals surface area contributed by atoms with E-state index in [0.29, 0.717) is 13.2 Å². The van der Waals surface area contributed by atoms with Crippen molar-refractivity contribution in [2.24, 2.45) is 0 Å². The van der Waals surface area contributed by atoms with Crippen LogP contribution in [0.1, 0.15) is 97.3 Å². The largest absolute Gasteiger partial charge is 0.478 e. The van der Waals surface area contributed by atoms with Crippen LogP contribution in [0, 0.1) is 0 Å². The number of aliphatic carboxylic acids is 2. The van der Waals surface area contributed by atoms with Gasteiger partial charge in [0.15, 0.2) is 0 Å². The van der Waals surface area contributed by atoms with E-state index in [-0.39, 0.29) is 11.1 Å². The maximum absolute atomic E-state index is 9.60. The highest BCUT2D eigenvalue weighted by Gasteiger charge is 1.93. The smallest absolute Gasteiger partial charge is 0.330 e. The summed E-state index contributed by atoms with van der Waals surface area (Å²) in [6.45, 7) is 9.92. The predicted molar refractivity (Wildman–Crippen MR) is 119 cm³/mol. The molecular formula is C23H44O6. The van der Waals surface area contributed by atoms with E-state index >= 15 is 0 Å². The number of carbonyl (C=O) groups is 2. The topological polar surface area (TPSA) is 115 Å². The van der Waals surface area contributed by atoms with E-state index < -0.39 is 11.9 Å². The molecule has 0 amide bonds. The molecule has 172 valence electrons. The average molecular weight is 417 g/mol. The van der Waals surface area contributed by atoms with E-state index in [1.807, 2.05) is 0 Å². The Labute approximate surface area is 177 Å². The number of unbranched alkanes of at least 4 members (excludes halogenated alkanes) is 12. The number of hydrogen-bond acceptors (Lipinski definition) is 4. The standard InChI is InChI=1S/C15H32O2.2C4H6O2/c16-14-12-10-8-6-4-2-1-3-5-7-9-11-13-15-17;2*1-3(2)4(5)6/h16-17H,1-15H2;2*1H2,2H3,(H,5,6). The van der Waals surface area contributed by atoms with Crippen molar-refractivity contribution in [1.29, 1.82) is 0 Å². The van der Waals surface area contributed by atoms with Gasteiger partial charge >= 0.3 is 11.9 Å². The number of aliphatic hydroxyl groups is 2. The summed E-state index contributed by atoms with van der Waals surface area (Å²) in [4.78, 5) is 19.2. The van der Waals surface area contributed by atoms with Crippen molar-refractivity contribution in [3.8, 4) is 0 Å². The van der Waals surface area contributed by atoms with Gasteiger partial charge in [-0.05, 0) is 26.7 Å². The van der Waals surface area contributed by atoms with E-state index in [0.717, 1.165) is 12.8 Å². The molecule has 0 atom stereocenters. The fourth-order valence-electron chi connectivity index (χ4n) is 2.17. The molecule has 0 aromatic carbocycles. The lowest BCUT2D eigenvalue weighted by molar-refractivity contribution is -0.133. The molecule has 0 rings (SSSR count). The lowest BCUT2D eigenvalue weighted by Gasteiger charge is -2.02. The monoisotopic (exact) mass is 416 g/mol. The van der Waals surface area contributed by atoms with Crippen LogP contribution in [0.4, 0.5) is 0 Å². The second-order valence-electron chi connectivity index (χ2n) is 7.21. The lowest BCUT2D eigenvalue weighted by Crippen LogP contribution is -1.92. The third kappa shape index (κ3) is 37.7. The molecule has 4 N–H and O–H groups in total. The van der Waals surface area contributed by atoms with Crippen LogP contribution in [0.25, 0.3) is 0 Å². The Morgan fingerprint density at radius 1 is 0.517 bits per heavy atom. The van der Waals surface area contributed by atoms with E-state index in [4.69, 9.17) is 20.4 Å². The minimum Gasteiger partial charge on any atom is -0.478 e. The number of carboxylic acid groups (broad SMARTS) is 2. The molecule has 0 spiro atoms. The highest BCUT2D eigenvalue weighted by molar-refractivity contribution is 5.85. The molecule has 0 aliphatic carbocycles. The van der Waals surface area contributed by atoms with Gasteiger partial charge in [0.2, 0.25) is 0 Å². The third-order valence-corrected chi connectivity index (χ3v) is 4.05. The number of aliphatic hydroxyl groups excluding tert-OH is 2. The number of hydrogen-bond donors (Lipinski definition) is 4. The third-order valence-electron chi connectivity index (χ3n) is 4.05. The summed E-state index contributed by atoms with van der Waals surface area (Å²) in [6.07, 6.45) is 16.5. The fourth-order valence-corrected chi connectivity index (χ4v) is 2.17. The first-order valence-electron chi connectivity index (χ1n) is 10.7. The minimum absolute atomic E-state index is 0.176. The van der Waals surface area contributed by atoms with Crippen LogP contribution in [0.3, 0.4) is 0 Å². The summed E-state index contributed by atoms with van der Waals surface area (Å²) in [5.74, 6) is -1.87. The molecule has 0 aromatic rings. The van der Waals surface area contributed by atoms with Crippen molar-refractivity contribution in [2.75, 3.05) is 13.2 Å². The molecular weight excluding hydrogens is 372 g/mol.